The minimum atomic E-state index is 0.669. The fourth-order valence-electron chi connectivity index (χ4n) is 2.13. The lowest BCUT2D eigenvalue weighted by molar-refractivity contribution is 0.340. The summed E-state index contributed by atoms with van der Waals surface area (Å²) in [6.45, 7) is 3.51. The molecule has 1 aromatic heterocycles. The van der Waals surface area contributed by atoms with Crippen molar-refractivity contribution in [2.45, 2.75) is 13.3 Å². The third kappa shape index (κ3) is 1.75. The first-order valence-electron chi connectivity index (χ1n) is 5.83. The van der Waals surface area contributed by atoms with E-state index in [0.717, 1.165) is 41.3 Å². The summed E-state index contributed by atoms with van der Waals surface area (Å²) in [6, 6.07) is 6.06. The Morgan fingerprint density at radius 3 is 3.24 bits per heavy atom. The van der Waals surface area contributed by atoms with E-state index in [4.69, 9.17) is 9.26 Å². The summed E-state index contributed by atoms with van der Waals surface area (Å²) in [5, 5.41) is 7.26. The fraction of sp³-hybridized carbons (Fsp3) is 0.308. The highest BCUT2D eigenvalue weighted by atomic mass is 16.5. The molecule has 0 saturated carbocycles. The van der Waals surface area contributed by atoms with Gasteiger partial charge in [-0.05, 0) is 25.1 Å². The number of ether oxygens (including phenoxy) is 1. The van der Waals surface area contributed by atoms with Crippen LogP contribution >= 0.6 is 0 Å². The van der Waals surface area contributed by atoms with E-state index in [-0.39, 0.29) is 0 Å². The van der Waals surface area contributed by atoms with Gasteiger partial charge >= 0.3 is 0 Å². The first-order chi connectivity index (χ1) is 8.38. The molecule has 1 aliphatic rings. The lowest BCUT2D eigenvalue weighted by Gasteiger charge is -2.10. The molecule has 0 saturated heterocycles. The first-order valence-corrected chi connectivity index (χ1v) is 5.83. The van der Waals surface area contributed by atoms with Crippen molar-refractivity contribution in [1.29, 1.82) is 0 Å². The molecule has 0 radical (unpaired) electrons. The number of nitrogens with one attached hydrogen (secondary N) is 1. The Labute approximate surface area is 99.6 Å². The van der Waals surface area contributed by atoms with E-state index in [1.165, 1.54) is 0 Å². The van der Waals surface area contributed by atoms with Gasteiger partial charge < -0.3 is 14.6 Å². The topological polar surface area (TPSA) is 47.3 Å². The van der Waals surface area contributed by atoms with Gasteiger partial charge in [0.15, 0.2) is 0 Å². The van der Waals surface area contributed by atoms with Crippen LogP contribution in [0.1, 0.15) is 12.7 Å². The quantitative estimate of drug-likeness (QED) is 0.861. The average Bonchev–Trinajstić information content (AvgIpc) is 2.73. The second-order valence-corrected chi connectivity index (χ2v) is 3.98. The zero-order chi connectivity index (χ0) is 11.7. The maximum atomic E-state index is 5.53. The van der Waals surface area contributed by atoms with Crippen molar-refractivity contribution in [3.63, 3.8) is 0 Å². The molecule has 0 fully saturated rings. The van der Waals surface area contributed by atoms with E-state index in [2.05, 4.69) is 10.5 Å². The molecule has 1 aromatic carbocycles. The summed E-state index contributed by atoms with van der Waals surface area (Å²) in [4.78, 5) is 0. The van der Waals surface area contributed by atoms with E-state index < -0.39 is 0 Å². The zero-order valence-electron chi connectivity index (χ0n) is 9.69. The van der Waals surface area contributed by atoms with Crippen LogP contribution in [-0.2, 0) is 6.42 Å². The molecule has 4 heteroatoms. The normalized spacial score (nSPS) is 13.2. The zero-order valence-corrected chi connectivity index (χ0v) is 9.69. The van der Waals surface area contributed by atoms with Gasteiger partial charge in [0.25, 0.3) is 0 Å². The van der Waals surface area contributed by atoms with Gasteiger partial charge in [0, 0.05) is 29.8 Å². The summed E-state index contributed by atoms with van der Waals surface area (Å²) < 4.78 is 10.8. The third-order valence-electron chi connectivity index (χ3n) is 2.90. The van der Waals surface area contributed by atoms with Crippen molar-refractivity contribution in [2.75, 3.05) is 18.5 Å². The van der Waals surface area contributed by atoms with E-state index in [0.29, 0.717) is 6.61 Å². The number of benzene rings is 1. The number of nitrogens with zero attached hydrogens (tertiary/aromatic N) is 1. The van der Waals surface area contributed by atoms with Crippen LogP contribution in [0.2, 0.25) is 0 Å². The number of hydrogen-bond acceptors (Lipinski definition) is 4. The molecule has 0 bridgehead atoms. The van der Waals surface area contributed by atoms with Gasteiger partial charge in [0.1, 0.15) is 11.5 Å². The van der Waals surface area contributed by atoms with E-state index >= 15 is 0 Å². The number of aromatic nitrogens is 1. The van der Waals surface area contributed by atoms with Gasteiger partial charge in [-0.2, -0.15) is 0 Å². The average molecular weight is 230 g/mol. The van der Waals surface area contributed by atoms with Crippen molar-refractivity contribution in [2.24, 2.45) is 0 Å². The third-order valence-corrected chi connectivity index (χ3v) is 2.90. The fourth-order valence-corrected chi connectivity index (χ4v) is 2.13. The van der Waals surface area contributed by atoms with Crippen molar-refractivity contribution in [3.05, 3.63) is 30.2 Å². The molecular weight excluding hydrogens is 216 g/mol. The molecule has 1 aliphatic heterocycles. The molecular formula is C13H14N2O2. The monoisotopic (exact) mass is 230 g/mol. The molecule has 0 amide bonds. The SMILES string of the molecule is CCOc1ccc2c(c1)-c1cnoc1CCN2. The van der Waals surface area contributed by atoms with Crippen LogP contribution in [0.25, 0.3) is 11.1 Å². The Kier molecular flexibility index (Phi) is 2.48. The largest absolute Gasteiger partial charge is 0.494 e. The lowest BCUT2D eigenvalue weighted by Crippen LogP contribution is -2.02. The highest BCUT2D eigenvalue weighted by Gasteiger charge is 2.18. The van der Waals surface area contributed by atoms with Gasteiger partial charge in [-0.1, -0.05) is 5.16 Å². The van der Waals surface area contributed by atoms with Crippen molar-refractivity contribution in [3.8, 4) is 16.9 Å². The molecule has 2 aromatic rings. The van der Waals surface area contributed by atoms with Crippen LogP contribution in [0.4, 0.5) is 5.69 Å². The Bertz CT molecular complexity index is 534. The van der Waals surface area contributed by atoms with Gasteiger partial charge in [0.2, 0.25) is 0 Å². The molecule has 4 nitrogen and oxygen atoms in total. The van der Waals surface area contributed by atoms with Crippen molar-refractivity contribution >= 4 is 5.69 Å². The van der Waals surface area contributed by atoms with Gasteiger partial charge in [-0.15, -0.1) is 0 Å². The molecule has 17 heavy (non-hydrogen) atoms. The van der Waals surface area contributed by atoms with Crippen molar-refractivity contribution in [1.82, 2.24) is 5.16 Å². The molecule has 0 unspecified atom stereocenters. The maximum Gasteiger partial charge on any atom is 0.146 e. The Morgan fingerprint density at radius 2 is 2.35 bits per heavy atom. The van der Waals surface area contributed by atoms with E-state index in [9.17, 15) is 0 Å². The minimum absolute atomic E-state index is 0.669. The molecule has 0 aliphatic carbocycles. The van der Waals surface area contributed by atoms with Gasteiger partial charge in [0.05, 0.1) is 12.8 Å². The Morgan fingerprint density at radius 1 is 1.41 bits per heavy atom. The first kappa shape index (κ1) is 10.2. The van der Waals surface area contributed by atoms with Gasteiger partial charge in [-0.3, -0.25) is 0 Å². The summed E-state index contributed by atoms with van der Waals surface area (Å²) in [5.41, 5.74) is 3.27. The van der Waals surface area contributed by atoms with Crippen LogP contribution in [0.15, 0.2) is 28.9 Å². The van der Waals surface area contributed by atoms with Crippen molar-refractivity contribution < 1.29 is 9.26 Å². The van der Waals surface area contributed by atoms with Crippen LogP contribution in [-0.4, -0.2) is 18.3 Å². The van der Waals surface area contributed by atoms with Crippen LogP contribution in [0.3, 0.4) is 0 Å². The number of fused-ring (bicyclic) bond motifs is 3. The standard InChI is InChI=1S/C13H14N2O2/c1-2-16-9-3-4-12-10(7-9)11-8-15-17-13(11)5-6-14-12/h3-4,7-8,14H,2,5-6H2,1H3. The summed E-state index contributed by atoms with van der Waals surface area (Å²) >= 11 is 0. The molecule has 0 atom stereocenters. The van der Waals surface area contributed by atoms with Crippen LogP contribution in [0, 0.1) is 0 Å². The molecule has 0 spiro atoms. The van der Waals surface area contributed by atoms with Crippen LogP contribution in [0.5, 0.6) is 5.75 Å². The predicted octanol–water partition coefficient (Wildman–Crippen LogP) is 2.71. The van der Waals surface area contributed by atoms with E-state index in [1.807, 2.05) is 25.1 Å². The minimum Gasteiger partial charge on any atom is -0.494 e. The second-order valence-electron chi connectivity index (χ2n) is 3.98. The number of hydrogen-bond donors (Lipinski definition) is 1. The number of rotatable bonds is 2. The summed E-state index contributed by atoms with van der Waals surface area (Å²) in [5.74, 6) is 1.81. The Hall–Kier alpha value is -1.97. The molecule has 1 N–H and O–H groups in total. The molecule has 3 rings (SSSR count). The number of anilines is 1. The van der Waals surface area contributed by atoms with E-state index in [1.54, 1.807) is 6.20 Å². The lowest BCUT2D eigenvalue weighted by atomic mass is 10.0. The smallest absolute Gasteiger partial charge is 0.146 e. The summed E-state index contributed by atoms with van der Waals surface area (Å²) in [7, 11) is 0. The molecule has 2 heterocycles. The summed E-state index contributed by atoms with van der Waals surface area (Å²) in [6.07, 6.45) is 2.63. The highest BCUT2D eigenvalue weighted by Crippen LogP contribution is 2.35. The van der Waals surface area contributed by atoms with Crippen LogP contribution < -0.4 is 10.1 Å². The van der Waals surface area contributed by atoms with Gasteiger partial charge in [-0.25, -0.2) is 0 Å². The predicted molar refractivity (Wildman–Crippen MR) is 65.3 cm³/mol. The Balaban J connectivity index is 2.12. The highest BCUT2D eigenvalue weighted by molar-refractivity contribution is 5.80. The second kappa shape index (κ2) is 4.13. The molecule has 88 valence electrons. The maximum absolute atomic E-state index is 5.53.